The Labute approximate surface area is 90.0 Å². The molecule has 3 nitrogen and oxygen atoms in total. The fourth-order valence-electron chi connectivity index (χ4n) is 1.39. The fraction of sp³-hybridized carbons (Fsp3) is 0.400. The van der Waals surface area contributed by atoms with Gasteiger partial charge in [-0.25, -0.2) is 0 Å². The van der Waals surface area contributed by atoms with E-state index in [-0.39, 0.29) is 0 Å². The first-order valence-corrected chi connectivity index (χ1v) is 4.70. The highest BCUT2D eigenvalue weighted by molar-refractivity contribution is 5.44. The van der Waals surface area contributed by atoms with Crippen LogP contribution in [-0.2, 0) is 12.6 Å². The molecule has 1 aromatic rings. The van der Waals surface area contributed by atoms with Crippen LogP contribution in [0.25, 0.3) is 0 Å². The molecule has 0 aliphatic carbocycles. The zero-order chi connectivity index (χ0) is 12.3. The summed E-state index contributed by atoms with van der Waals surface area (Å²) in [5, 5.41) is 10.6. The van der Waals surface area contributed by atoms with Crippen LogP contribution in [0, 0.1) is 10.1 Å². The first-order chi connectivity index (χ1) is 7.36. The Hall–Kier alpha value is -1.59. The van der Waals surface area contributed by atoms with Gasteiger partial charge in [-0.15, -0.1) is 0 Å². The minimum Gasteiger partial charge on any atom is -0.258 e. The van der Waals surface area contributed by atoms with Gasteiger partial charge in [0.05, 0.1) is 10.5 Å². The van der Waals surface area contributed by atoms with Crippen molar-refractivity contribution < 1.29 is 18.1 Å². The number of benzene rings is 1. The molecule has 0 saturated heterocycles. The quantitative estimate of drug-likeness (QED) is 0.591. The number of nitrogens with zero attached hydrogens (tertiary/aromatic N) is 1. The highest BCUT2D eigenvalue weighted by atomic mass is 19.4. The molecule has 0 heterocycles. The molecule has 0 amide bonds. The normalized spacial score (nSPS) is 11.5. The Morgan fingerprint density at radius 2 is 2.00 bits per heavy atom. The maximum absolute atomic E-state index is 12.3. The molecule has 0 saturated carbocycles. The lowest BCUT2D eigenvalue weighted by atomic mass is 10.0. The van der Waals surface area contributed by atoms with Crippen molar-refractivity contribution in [1.82, 2.24) is 0 Å². The summed E-state index contributed by atoms with van der Waals surface area (Å²) in [7, 11) is 0. The van der Waals surface area contributed by atoms with E-state index in [2.05, 4.69) is 0 Å². The third-order valence-electron chi connectivity index (χ3n) is 2.13. The Kier molecular flexibility index (Phi) is 3.51. The van der Waals surface area contributed by atoms with E-state index in [1.807, 2.05) is 0 Å². The van der Waals surface area contributed by atoms with Crippen molar-refractivity contribution in [3.63, 3.8) is 0 Å². The molecule has 1 aromatic carbocycles. The first-order valence-electron chi connectivity index (χ1n) is 4.70. The molecular weight excluding hydrogens is 223 g/mol. The molecule has 88 valence electrons. The van der Waals surface area contributed by atoms with Gasteiger partial charge in [-0.3, -0.25) is 10.1 Å². The van der Waals surface area contributed by atoms with Gasteiger partial charge in [-0.2, -0.15) is 13.2 Å². The van der Waals surface area contributed by atoms with E-state index in [0.717, 1.165) is 6.07 Å². The second-order valence-electron chi connectivity index (χ2n) is 3.35. The lowest BCUT2D eigenvalue weighted by Gasteiger charge is -2.08. The number of halogens is 3. The molecule has 0 radical (unpaired) electrons. The summed E-state index contributed by atoms with van der Waals surface area (Å²) in [6.07, 6.45) is -3.50. The molecule has 0 aliphatic heterocycles. The number of aryl methyl sites for hydroxylation is 1. The maximum Gasteiger partial charge on any atom is 0.416 e. The third kappa shape index (κ3) is 2.71. The minimum atomic E-state index is -4.55. The van der Waals surface area contributed by atoms with Gasteiger partial charge in [0.25, 0.3) is 5.69 Å². The van der Waals surface area contributed by atoms with Crippen LogP contribution in [0.2, 0.25) is 0 Å². The van der Waals surface area contributed by atoms with Gasteiger partial charge in [-0.1, -0.05) is 19.4 Å². The summed E-state index contributed by atoms with van der Waals surface area (Å²) < 4.78 is 37.0. The van der Waals surface area contributed by atoms with E-state index in [9.17, 15) is 23.3 Å². The molecule has 0 spiro atoms. The van der Waals surface area contributed by atoms with Crippen LogP contribution in [0.5, 0.6) is 0 Å². The molecule has 0 fully saturated rings. The topological polar surface area (TPSA) is 43.1 Å². The average Bonchev–Trinajstić information content (AvgIpc) is 2.16. The Bertz CT molecular complexity index is 402. The van der Waals surface area contributed by atoms with Crippen molar-refractivity contribution in [2.75, 3.05) is 0 Å². The van der Waals surface area contributed by atoms with Gasteiger partial charge in [0, 0.05) is 11.6 Å². The summed E-state index contributed by atoms with van der Waals surface area (Å²) in [5.74, 6) is 0. The van der Waals surface area contributed by atoms with Crippen LogP contribution in [0.4, 0.5) is 18.9 Å². The molecule has 1 rings (SSSR count). The largest absolute Gasteiger partial charge is 0.416 e. The lowest BCUT2D eigenvalue weighted by molar-refractivity contribution is -0.385. The van der Waals surface area contributed by atoms with E-state index in [4.69, 9.17) is 0 Å². The monoisotopic (exact) mass is 233 g/mol. The Morgan fingerprint density at radius 3 is 2.44 bits per heavy atom. The highest BCUT2D eigenvalue weighted by Gasteiger charge is 2.32. The van der Waals surface area contributed by atoms with Crippen LogP contribution in [-0.4, -0.2) is 4.92 Å². The van der Waals surface area contributed by atoms with Gasteiger partial charge >= 0.3 is 6.18 Å². The van der Waals surface area contributed by atoms with E-state index >= 15 is 0 Å². The van der Waals surface area contributed by atoms with Gasteiger partial charge < -0.3 is 0 Å². The smallest absolute Gasteiger partial charge is 0.258 e. The predicted octanol–water partition coefficient (Wildman–Crippen LogP) is 3.57. The number of hydrogen-bond acceptors (Lipinski definition) is 2. The van der Waals surface area contributed by atoms with Crippen molar-refractivity contribution in [3.05, 3.63) is 39.4 Å². The van der Waals surface area contributed by atoms with Crippen molar-refractivity contribution in [3.8, 4) is 0 Å². The molecule has 0 unspecified atom stereocenters. The third-order valence-corrected chi connectivity index (χ3v) is 2.13. The van der Waals surface area contributed by atoms with Crippen LogP contribution in [0.1, 0.15) is 24.5 Å². The van der Waals surface area contributed by atoms with E-state index < -0.39 is 22.4 Å². The van der Waals surface area contributed by atoms with Crippen LogP contribution in [0.3, 0.4) is 0 Å². The highest BCUT2D eigenvalue weighted by Crippen LogP contribution is 2.33. The zero-order valence-corrected chi connectivity index (χ0v) is 8.54. The standard InChI is InChI=1S/C10H10F3NO2/c1-2-3-7-4-5-8(10(11,12)13)6-9(7)14(15)16/h4-6H,2-3H2,1H3. The molecule has 0 aliphatic rings. The number of rotatable bonds is 3. The number of nitro benzene ring substituents is 1. The molecule has 6 heteroatoms. The van der Waals surface area contributed by atoms with Crippen LogP contribution >= 0.6 is 0 Å². The summed E-state index contributed by atoms with van der Waals surface area (Å²) in [6, 6.07) is 2.63. The number of hydrogen-bond donors (Lipinski definition) is 0. The molecule has 0 atom stereocenters. The zero-order valence-electron chi connectivity index (χ0n) is 8.54. The maximum atomic E-state index is 12.3. The lowest BCUT2D eigenvalue weighted by Crippen LogP contribution is -2.06. The predicted molar refractivity (Wildman–Crippen MR) is 52.1 cm³/mol. The second-order valence-corrected chi connectivity index (χ2v) is 3.35. The number of alkyl halides is 3. The number of nitro groups is 1. The molecular formula is C10H10F3NO2. The first kappa shape index (κ1) is 12.5. The van der Waals surface area contributed by atoms with Crippen LogP contribution < -0.4 is 0 Å². The summed E-state index contributed by atoms with van der Waals surface area (Å²) in [4.78, 5) is 9.84. The summed E-state index contributed by atoms with van der Waals surface area (Å²) in [6.45, 7) is 1.81. The van der Waals surface area contributed by atoms with E-state index in [1.54, 1.807) is 6.92 Å². The SMILES string of the molecule is CCCc1ccc(C(F)(F)F)cc1[N+](=O)[O-]. The van der Waals surface area contributed by atoms with Crippen molar-refractivity contribution in [1.29, 1.82) is 0 Å². The summed E-state index contributed by atoms with van der Waals surface area (Å²) in [5.41, 5.74) is -1.11. The Balaban J connectivity index is 3.23. The van der Waals surface area contributed by atoms with Gasteiger partial charge in [0.15, 0.2) is 0 Å². The second kappa shape index (κ2) is 4.51. The van der Waals surface area contributed by atoms with Gasteiger partial charge in [0.2, 0.25) is 0 Å². The van der Waals surface area contributed by atoms with Gasteiger partial charge in [0.1, 0.15) is 0 Å². The average molecular weight is 233 g/mol. The fourth-order valence-corrected chi connectivity index (χ4v) is 1.39. The molecule has 0 bridgehead atoms. The van der Waals surface area contributed by atoms with Crippen molar-refractivity contribution in [2.45, 2.75) is 25.9 Å². The van der Waals surface area contributed by atoms with Crippen molar-refractivity contribution in [2.24, 2.45) is 0 Å². The van der Waals surface area contributed by atoms with Crippen molar-refractivity contribution >= 4 is 5.69 Å². The molecule has 0 N–H and O–H groups in total. The Morgan fingerprint density at radius 1 is 1.38 bits per heavy atom. The van der Waals surface area contributed by atoms with Gasteiger partial charge in [-0.05, 0) is 12.5 Å². The minimum absolute atomic E-state index is 0.334. The van der Waals surface area contributed by atoms with Crippen LogP contribution in [0.15, 0.2) is 18.2 Å². The molecule has 0 aromatic heterocycles. The molecule has 16 heavy (non-hydrogen) atoms. The summed E-state index contributed by atoms with van der Waals surface area (Å²) >= 11 is 0. The van der Waals surface area contributed by atoms with E-state index in [0.29, 0.717) is 24.5 Å². The van der Waals surface area contributed by atoms with E-state index in [1.165, 1.54) is 6.07 Å².